The highest BCUT2D eigenvalue weighted by Gasteiger charge is 2.26. The van der Waals surface area contributed by atoms with Crippen LogP contribution < -0.4 is 0 Å². The third kappa shape index (κ3) is 4.00. The summed E-state index contributed by atoms with van der Waals surface area (Å²) in [6.45, 7) is 1.76. The van der Waals surface area contributed by atoms with Crippen LogP contribution in [0.4, 0.5) is 0 Å². The number of pyridine rings is 1. The number of ether oxygens (including phenoxy) is 1. The summed E-state index contributed by atoms with van der Waals surface area (Å²) in [4.78, 5) is 30.3. The summed E-state index contributed by atoms with van der Waals surface area (Å²) < 4.78 is 5.43. The third-order valence-corrected chi connectivity index (χ3v) is 5.84. The molecule has 0 spiro atoms. The lowest BCUT2D eigenvalue weighted by Crippen LogP contribution is -2.21. The quantitative estimate of drug-likeness (QED) is 0.395. The van der Waals surface area contributed by atoms with E-state index in [0.717, 1.165) is 41.4 Å². The molecule has 1 heterocycles. The molecule has 0 aliphatic heterocycles. The number of Topliss-reactive ketones (excluding diaryl/α,β-unsaturated/α-hetero) is 1. The molecule has 1 unspecified atom stereocenters. The third-order valence-electron chi connectivity index (χ3n) is 5.27. The lowest BCUT2D eigenvalue weighted by molar-refractivity contribution is 0.0475. The van der Waals surface area contributed by atoms with Gasteiger partial charge in [0.05, 0.1) is 16.1 Å². The summed E-state index contributed by atoms with van der Waals surface area (Å²) in [5.41, 5.74) is 3.39. The van der Waals surface area contributed by atoms with Gasteiger partial charge >= 0.3 is 5.97 Å². The number of aryl methyl sites for hydroxylation is 1. The Hall–Kier alpha value is -2.43. The molecule has 1 aromatic heterocycles. The molecule has 29 heavy (non-hydrogen) atoms. The van der Waals surface area contributed by atoms with E-state index in [1.807, 2.05) is 24.3 Å². The van der Waals surface area contributed by atoms with E-state index in [-0.39, 0.29) is 10.6 Å². The molecule has 0 saturated heterocycles. The van der Waals surface area contributed by atoms with E-state index in [0.29, 0.717) is 16.5 Å². The number of aromatic nitrogens is 1. The Bertz CT molecular complexity index is 1130. The van der Waals surface area contributed by atoms with Gasteiger partial charge in [-0.25, -0.2) is 4.79 Å². The van der Waals surface area contributed by atoms with Crippen LogP contribution in [0.3, 0.4) is 0 Å². The minimum absolute atomic E-state index is 0.238. The summed E-state index contributed by atoms with van der Waals surface area (Å²) in [5, 5.41) is 1.42. The second kappa shape index (κ2) is 8.13. The number of carbonyl (C=O) groups is 2. The fraction of sp³-hybridized carbons (Fsp3) is 0.261. The fourth-order valence-corrected chi connectivity index (χ4v) is 4.18. The molecular formula is C23H19Cl2NO3. The zero-order chi connectivity index (χ0) is 20.5. The number of halogens is 2. The Balaban J connectivity index is 1.66. The number of rotatable bonds is 4. The number of nitrogens with zero attached hydrogens (tertiary/aromatic N) is 1. The summed E-state index contributed by atoms with van der Waals surface area (Å²) in [6.07, 6.45) is 2.64. The number of benzene rings is 2. The summed E-state index contributed by atoms with van der Waals surface area (Å²) >= 11 is 12.0. The first-order chi connectivity index (χ1) is 13.9. The zero-order valence-corrected chi connectivity index (χ0v) is 17.4. The highest BCUT2D eigenvalue weighted by molar-refractivity contribution is 6.36. The second-order valence-corrected chi connectivity index (χ2v) is 8.24. The van der Waals surface area contributed by atoms with Crippen molar-refractivity contribution in [3.8, 4) is 0 Å². The Labute approximate surface area is 178 Å². The predicted molar refractivity (Wildman–Crippen MR) is 114 cm³/mol. The van der Waals surface area contributed by atoms with Crippen molar-refractivity contribution in [1.82, 2.24) is 4.98 Å². The molecular weight excluding hydrogens is 409 g/mol. The number of esters is 1. The van der Waals surface area contributed by atoms with Gasteiger partial charge in [0.25, 0.3) is 0 Å². The van der Waals surface area contributed by atoms with Gasteiger partial charge in [0, 0.05) is 21.7 Å². The van der Waals surface area contributed by atoms with Crippen LogP contribution in [0, 0.1) is 5.92 Å². The van der Waals surface area contributed by atoms with Gasteiger partial charge < -0.3 is 4.74 Å². The normalized spacial score (nSPS) is 15.8. The minimum atomic E-state index is -0.513. The maximum atomic E-state index is 13.1. The van der Waals surface area contributed by atoms with E-state index >= 15 is 0 Å². The first kappa shape index (κ1) is 19.9. The highest BCUT2D eigenvalue weighted by Crippen LogP contribution is 2.32. The molecule has 0 fully saturated rings. The van der Waals surface area contributed by atoms with Crippen LogP contribution in [0.15, 0.2) is 42.5 Å². The van der Waals surface area contributed by atoms with E-state index in [2.05, 4.69) is 6.92 Å². The Morgan fingerprint density at radius 1 is 1.17 bits per heavy atom. The Morgan fingerprint density at radius 3 is 2.79 bits per heavy atom. The van der Waals surface area contributed by atoms with Gasteiger partial charge in [0.2, 0.25) is 5.78 Å². The molecule has 4 rings (SSSR count). The zero-order valence-electron chi connectivity index (χ0n) is 15.9. The first-order valence-electron chi connectivity index (χ1n) is 9.50. The van der Waals surface area contributed by atoms with Crippen molar-refractivity contribution in [2.45, 2.75) is 26.2 Å². The van der Waals surface area contributed by atoms with E-state index in [1.54, 1.807) is 12.1 Å². The maximum absolute atomic E-state index is 13.1. The van der Waals surface area contributed by atoms with Gasteiger partial charge in [-0.2, -0.15) is 0 Å². The molecule has 6 heteroatoms. The van der Waals surface area contributed by atoms with E-state index in [1.165, 1.54) is 6.07 Å². The standard InChI is InChI=1S/C23H19Cl2NO3/c1-13-6-9-20-17(10-13)22(15-4-2-3-5-19(15)26-20)23(28)29-12-21(27)16-11-14(24)7-8-18(16)25/h2-5,7-8,11,13H,6,9-10,12H2,1H3. The van der Waals surface area contributed by atoms with E-state index < -0.39 is 18.4 Å². The monoisotopic (exact) mass is 427 g/mol. The fourth-order valence-electron chi connectivity index (χ4n) is 3.79. The highest BCUT2D eigenvalue weighted by atomic mass is 35.5. The number of hydrogen-bond acceptors (Lipinski definition) is 4. The van der Waals surface area contributed by atoms with Gasteiger partial charge in [-0.05, 0) is 55.0 Å². The SMILES string of the molecule is CC1CCc2nc3ccccc3c(C(=O)OCC(=O)c3cc(Cl)ccc3Cl)c2C1. The lowest BCUT2D eigenvalue weighted by atomic mass is 9.84. The first-order valence-corrected chi connectivity index (χ1v) is 10.3. The van der Waals surface area contributed by atoms with Gasteiger partial charge in [-0.3, -0.25) is 9.78 Å². The summed E-state index contributed by atoms with van der Waals surface area (Å²) in [6, 6.07) is 12.2. The molecule has 0 radical (unpaired) electrons. The summed E-state index contributed by atoms with van der Waals surface area (Å²) in [7, 11) is 0. The molecule has 148 valence electrons. The van der Waals surface area contributed by atoms with Crippen molar-refractivity contribution >= 4 is 45.9 Å². The van der Waals surface area contributed by atoms with Crippen molar-refractivity contribution in [3.63, 3.8) is 0 Å². The van der Waals surface area contributed by atoms with Crippen molar-refractivity contribution in [2.75, 3.05) is 6.61 Å². The number of para-hydroxylation sites is 1. The van der Waals surface area contributed by atoms with Gasteiger partial charge in [-0.1, -0.05) is 48.3 Å². The van der Waals surface area contributed by atoms with Crippen LogP contribution in [-0.4, -0.2) is 23.3 Å². The number of ketones is 1. The van der Waals surface area contributed by atoms with Gasteiger partial charge in [0.1, 0.15) is 0 Å². The summed E-state index contributed by atoms with van der Waals surface area (Å²) in [5.74, 6) is -0.448. The van der Waals surface area contributed by atoms with E-state index in [4.69, 9.17) is 32.9 Å². The van der Waals surface area contributed by atoms with E-state index in [9.17, 15) is 9.59 Å². The predicted octanol–water partition coefficient (Wildman–Crippen LogP) is 5.71. The van der Waals surface area contributed by atoms with Crippen LogP contribution in [0.1, 0.15) is 45.3 Å². The van der Waals surface area contributed by atoms with Crippen molar-refractivity contribution < 1.29 is 14.3 Å². The molecule has 2 aromatic carbocycles. The molecule has 4 nitrogen and oxygen atoms in total. The number of fused-ring (bicyclic) bond motifs is 2. The molecule has 1 aliphatic rings. The van der Waals surface area contributed by atoms with Crippen molar-refractivity contribution in [3.05, 3.63) is 74.9 Å². The maximum Gasteiger partial charge on any atom is 0.339 e. The van der Waals surface area contributed by atoms with Crippen LogP contribution in [0.2, 0.25) is 10.0 Å². The molecule has 3 aromatic rings. The Kier molecular flexibility index (Phi) is 5.57. The second-order valence-electron chi connectivity index (χ2n) is 7.40. The molecule has 0 saturated carbocycles. The van der Waals surface area contributed by atoms with Gasteiger partial charge in [-0.15, -0.1) is 0 Å². The molecule has 0 amide bonds. The van der Waals surface area contributed by atoms with Crippen molar-refractivity contribution in [1.29, 1.82) is 0 Å². The minimum Gasteiger partial charge on any atom is -0.454 e. The largest absolute Gasteiger partial charge is 0.454 e. The van der Waals surface area contributed by atoms with Crippen LogP contribution >= 0.6 is 23.2 Å². The smallest absolute Gasteiger partial charge is 0.339 e. The lowest BCUT2D eigenvalue weighted by Gasteiger charge is -2.24. The molecule has 1 atom stereocenters. The van der Waals surface area contributed by atoms with Crippen molar-refractivity contribution in [2.24, 2.45) is 5.92 Å². The molecule has 0 bridgehead atoms. The van der Waals surface area contributed by atoms with Crippen LogP contribution in [0.25, 0.3) is 10.9 Å². The van der Waals surface area contributed by atoms with Crippen LogP contribution in [-0.2, 0) is 17.6 Å². The average Bonchev–Trinajstić information content (AvgIpc) is 2.71. The Morgan fingerprint density at radius 2 is 1.97 bits per heavy atom. The van der Waals surface area contributed by atoms with Crippen LogP contribution in [0.5, 0.6) is 0 Å². The number of hydrogen-bond donors (Lipinski definition) is 0. The number of carbonyl (C=O) groups excluding carboxylic acids is 2. The van der Waals surface area contributed by atoms with Gasteiger partial charge in [0.15, 0.2) is 6.61 Å². The topological polar surface area (TPSA) is 56.3 Å². The average molecular weight is 428 g/mol. The molecule has 0 N–H and O–H groups in total. The molecule has 1 aliphatic carbocycles.